The van der Waals surface area contributed by atoms with Gasteiger partial charge in [0.15, 0.2) is 0 Å². The second kappa shape index (κ2) is 12.1. The number of likely N-dealkylation sites (tertiary alicyclic amines) is 1. The van der Waals surface area contributed by atoms with E-state index in [4.69, 9.17) is 32.4 Å². The fourth-order valence-electron chi connectivity index (χ4n) is 5.83. The van der Waals surface area contributed by atoms with Gasteiger partial charge < -0.3 is 9.15 Å². The summed E-state index contributed by atoms with van der Waals surface area (Å²) in [5, 5.41) is 9.20. The van der Waals surface area contributed by atoms with E-state index in [9.17, 15) is 4.39 Å². The number of fused-ring (bicyclic) bond motifs is 1. The maximum Gasteiger partial charge on any atom is 0.247 e. The molecule has 0 radical (unpaired) electrons. The fraction of sp³-hybridized carbons (Fsp3) is 0.312. The van der Waals surface area contributed by atoms with Crippen molar-refractivity contribution >= 4 is 34.3 Å². The lowest BCUT2D eigenvalue weighted by atomic mass is 9.87. The molecule has 4 aromatic rings. The van der Waals surface area contributed by atoms with Crippen LogP contribution in [0.25, 0.3) is 22.6 Å². The smallest absolute Gasteiger partial charge is 0.247 e. The lowest BCUT2D eigenvalue weighted by Crippen LogP contribution is -2.26. The number of halogens is 3. The highest BCUT2D eigenvalue weighted by atomic mass is 35.5. The first-order chi connectivity index (χ1) is 19.6. The number of hydrogen-bond acceptors (Lipinski definition) is 5. The number of nitrogens with zero attached hydrogens (tertiary/aromatic N) is 3. The number of aryl methyl sites for hydroxylation is 1. The van der Waals surface area contributed by atoms with Gasteiger partial charge in [-0.3, -0.25) is 9.29 Å². The Labute approximate surface area is 243 Å². The van der Waals surface area contributed by atoms with E-state index >= 15 is 0 Å². The SMILES string of the molecule is FCCCN1CCC(Oc2ccc(C3=C(c4ccc(Cl)cc4Cl)CCCc4cc(-c5nnco5)ccc43)cc2)C1. The Bertz CT molecular complexity index is 1510. The lowest BCUT2D eigenvalue weighted by Gasteiger charge is -2.19. The van der Waals surface area contributed by atoms with Gasteiger partial charge in [-0.1, -0.05) is 47.5 Å². The molecule has 3 aromatic carbocycles. The van der Waals surface area contributed by atoms with Gasteiger partial charge in [0.1, 0.15) is 11.9 Å². The van der Waals surface area contributed by atoms with Crippen LogP contribution in [0.15, 0.2) is 71.5 Å². The number of allylic oxidation sites excluding steroid dienone is 1. The van der Waals surface area contributed by atoms with Crippen molar-refractivity contribution in [2.75, 3.05) is 26.3 Å². The zero-order chi connectivity index (χ0) is 27.5. The van der Waals surface area contributed by atoms with Crippen LogP contribution in [-0.4, -0.2) is 47.5 Å². The minimum atomic E-state index is -0.274. The zero-order valence-electron chi connectivity index (χ0n) is 22.1. The summed E-state index contributed by atoms with van der Waals surface area (Å²) in [6.07, 6.45) is 5.76. The molecular weight excluding hydrogens is 548 g/mol. The Kier molecular flexibility index (Phi) is 8.19. The summed E-state index contributed by atoms with van der Waals surface area (Å²) in [7, 11) is 0. The summed E-state index contributed by atoms with van der Waals surface area (Å²) < 4.78 is 24.4. The van der Waals surface area contributed by atoms with Crippen molar-refractivity contribution in [3.8, 4) is 17.2 Å². The molecule has 1 fully saturated rings. The van der Waals surface area contributed by atoms with Gasteiger partial charge in [-0.05, 0) is 102 Å². The molecule has 0 spiro atoms. The van der Waals surface area contributed by atoms with Gasteiger partial charge in [-0.15, -0.1) is 10.2 Å². The first-order valence-corrected chi connectivity index (χ1v) is 14.5. The first kappa shape index (κ1) is 27.0. The van der Waals surface area contributed by atoms with Crippen LogP contribution in [0.5, 0.6) is 5.75 Å². The second-order valence-corrected chi connectivity index (χ2v) is 11.2. The maximum absolute atomic E-state index is 12.6. The highest BCUT2D eigenvalue weighted by Gasteiger charge is 2.25. The molecule has 1 aliphatic heterocycles. The van der Waals surface area contributed by atoms with Crippen LogP contribution < -0.4 is 4.74 Å². The lowest BCUT2D eigenvalue weighted by molar-refractivity contribution is 0.198. The third-order valence-corrected chi connectivity index (χ3v) is 8.24. The van der Waals surface area contributed by atoms with E-state index in [-0.39, 0.29) is 12.8 Å². The molecule has 1 unspecified atom stereocenters. The highest BCUT2D eigenvalue weighted by molar-refractivity contribution is 6.36. The molecule has 0 amide bonds. The zero-order valence-corrected chi connectivity index (χ0v) is 23.6. The van der Waals surface area contributed by atoms with E-state index in [1.54, 1.807) is 0 Å². The standard InChI is InChI=1S/C32H30Cl2FN3O2/c33-24-8-12-28(30(34)18-24)29-4-1-3-22-17-23(32-37-36-20-39-32)7-11-27(22)31(29)21-5-9-25(10-6-21)40-26-13-16-38(19-26)15-2-14-35/h5-12,17-18,20,26H,1-4,13-16,19H2. The monoisotopic (exact) mass is 577 g/mol. The first-order valence-electron chi connectivity index (χ1n) is 13.7. The molecule has 0 saturated carbocycles. The van der Waals surface area contributed by atoms with E-state index in [1.807, 2.05) is 36.4 Å². The van der Waals surface area contributed by atoms with Gasteiger partial charge in [-0.2, -0.15) is 0 Å². The molecule has 5 nitrogen and oxygen atoms in total. The number of alkyl halides is 1. The van der Waals surface area contributed by atoms with Crippen molar-refractivity contribution < 1.29 is 13.5 Å². The van der Waals surface area contributed by atoms with Gasteiger partial charge in [-0.25, -0.2) is 0 Å². The number of rotatable bonds is 8. The largest absolute Gasteiger partial charge is 0.489 e. The molecule has 6 rings (SSSR count). The minimum Gasteiger partial charge on any atom is -0.489 e. The van der Waals surface area contributed by atoms with Gasteiger partial charge in [0.05, 0.1) is 6.67 Å². The van der Waals surface area contributed by atoms with Gasteiger partial charge in [0, 0.05) is 35.2 Å². The summed E-state index contributed by atoms with van der Waals surface area (Å²) in [5.74, 6) is 1.35. The normalized spacial score (nSPS) is 17.6. The molecule has 1 aliphatic carbocycles. The van der Waals surface area contributed by atoms with Crippen LogP contribution in [0.4, 0.5) is 4.39 Å². The predicted molar refractivity (Wildman–Crippen MR) is 158 cm³/mol. The molecule has 0 bridgehead atoms. The molecule has 1 aromatic heterocycles. The van der Waals surface area contributed by atoms with Gasteiger partial charge in [0.2, 0.25) is 12.3 Å². The van der Waals surface area contributed by atoms with Crippen LogP contribution in [-0.2, 0) is 6.42 Å². The van der Waals surface area contributed by atoms with E-state index in [0.717, 1.165) is 78.9 Å². The second-order valence-electron chi connectivity index (χ2n) is 10.3. The number of aromatic nitrogens is 2. The third-order valence-electron chi connectivity index (χ3n) is 7.70. The minimum absolute atomic E-state index is 0.120. The number of ether oxygens (including phenoxy) is 1. The molecule has 2 aliphatic rings. The van der Waals surface area contributed by atoms with Crippen LogP contribution in [0.3, 0.4) is 0 Å². The summed E-state index contributed by atoms with van der Waals surface area (Å²) in [5.41, 5.74) is 7.73. The molecule has 206 valence electrons. The van der Waals surface area contributed by atoms with Crippen LogP contribution in [0.2, 0.25) is 10.0 Å². The van der Waals surface area contributed by atoms with Crippen LogP contribution in [0.1, 0.15) is 47.9 Å². The van der Waals surface area contributed by atoms with Crippen molar-refractivity contribution in [2.45, 2.75) is 38.2 Å². The fourth-order valence-corrected chi connectivity index (χ4v) is 6.35. The molecule has 40 heavy (non-hydrogen) atoms. The van der Waals surface area contributed by atoms with Gasteiger partial charge >= 0.3 is 0 Å². The van der Waals surface area contributed by atoms with E-state index < -0.39 is 0 Å². The van der Waals surface area contributed by atoms with Crippen molar-refractivity contribution in [2.24, 2.45) is 0 Å². The summed E-state index contributed by atoms with van der Waals surface area (Å²) in [6.45, 7) is 2.29. The highest BCUT2D eigenvalue weighted by Crippen LogP contribution is 2.43. The van der Waals surface area contributed by atoms with Crippen LogP contribution >= 0.6 is 23.2 Å². The quantitative estimate of drug-likeness (QED) is 0.211. The topological polar surface area (TPSA) is 51.4 Å². The van der Waals surface area contributed by atoms with E-state index in [1.165, 1.54) is 17.5 Å². The molecule has 2 heterocycles. The van der Waals surface area contributed by atoms with E-state index in [2.05, 4.69) is 39.4 Å². The average Bonchev–Trinajstić information content (AvgIpc) is 3.62. The molecule has 0 N–H and O–H groups in total. The molecule has 8 heteroatoms. The van der Waals surface area contributed by atoms with Crippen molar-refractivity contribution in [3.63, 3.8) is 0 Å². The maximum atomic E-state index is 12.6. The summed E-state index contributed by atoms with van der Waals surface area (Å²) in [6, 6.07) is 20.4. The van der Waals surface area contributed by atoms with Gasteiger partial charge in [0.25, 0.3) is 0 Å². The predicted octanol–water partition coefficient (Wildman–Crippen LogP) is 8.15. The van der Waals surface area contributed by atoms with Crippen molar-refractivity contribution in [3.05, 3.63) is 99.4 Å². The number of benzene rings is 3. The van der Waals surface area contributed by atoms with E-state index in [0.29, 0.717) is 22.4 Å². The molecule has 1 atom stereocenters. The third kappa shape index (κ3) is 5.80. The average molecular weight is 579 g/mol. The molecule has 1 saturated heterocycles. The van der Waals surface area contributed by atoms with Crippen molar-refractivity contribution in [1.29, 1.82) is 0 Å². The molecular formula is C32H30Cl2FN3O2. The Morgan fingerprint density at radius 3 is 2.58 bits per heavy atom. The summed E-state index contributed by atoms with van der Waals surface area (Å²) in [4.78, 5) is 2.27. The Morgan fingerprint density at radius 1 is 0.975 bits per heavy atom. The number of hydrogen-bond donors (Lipinski definition) is 0. The summed E-state index contributed by atoms with van der Waals surface area (Å²) >= 11 is 13.0. The Morgan fingerprint density at radius 2 is 1.80 bits per heavy atom. The Balaban J connectivity index is 1.36. The van der Waals surface area contributed by atoms with Crippen molar-refractivity contribution in [1.82, 2.24) is 15.1 Å². The van der Waals surface area contributed by atoms with Crippen LogP contribution in [0, 0.1) is 0 Å². The Hall–Kier alpha value is -3.19.